The number of alkyl halides is 1. The first kappa shape index (κ1) is 17.6. The topological polar surface area (TPSA) is 111 Å². The summed E-state index contributed by atoms with van der Waals surface area (Å²) in [6, 6.07) is 0. The van der Waals surface area contributed by atoms with Crippen LogP contribution in [0.4, 0.5) is 4.39 Å². The van der Waals surface area contributed by atoms with Crippen LogP contribution in [-0.2, 0) is 14.3 Å². The van der Waals surface area contributed by atoms with Crippen molar-refractivity contribution in [2.45, 2.75) is 38.1 Å². The number of aliphatic hydroxyl groups is 1. The Kier molecular flexibility index (Phi) is 5.50. The number of nitrogens with one attached hydrogen (secondary N) is 1. The first-order valence-corrected chi connectivity index (χ1v) is 7.52. The molecule has 1 saturated heterocycles. The van der Waals surface area contributed by atoms with Crippen LogP contribution in [0.1, 0.15) is 25.1 Å². The molecule has 1 aromatic rings. The van der Waals surface area contributed by atoms with E-state index in [1.807, 2.05) is 0 Å². The van der Waals surface area contributed by atoms with Crippen LogP contribution in [0.25, 0.3) is 6.08 Å². The fourth-order valence-electron chi connectivity index (χ4n) is 2.31. The van der Waals surface area contributed by atoms with E-state index in [9.17, 15) is 18.8 Å². The van der Waals surface area contributed by atoms with Crippen LogP contribution in [0.15, 0.2) is 20.8 Å². The number of rotatable bonds is 4. The van der Waals surface area contributed by atoms with Crippen LogP contribution >= 0.6 is 15.9 Å². The van der Waals surface area contributed by atoms with Gasteiger partial charge in [-0.25, -0.2) is 9.18 Å². The zero-order valence-corrected chi connectivity index (χ0v) is 13.5. The summed E-state index contributed by atoms with van der Waals surface area (Å²) in [5.74, 6) is -0.665. The van der Waals surface area contributed by atoms with Crippen molar-refractivity contribution in [3.63, 3.8) is 0 Å². The molecule has 0 saturated carbocycles. The Labute approximate surface area is 137 Å². The normalized spacial score (nSPS) is 25.7. The van der Waals surface area contributed by atoms with Crippen molar-refractivity contribution in [1.29, 1.82) is 0 Å². The van der Waals surface area contributed by atoms with E-state index >= 15 is 0 Å². The minimum Gasteiger partial charge on any atom is -0.459 e. The lowest BCUT2D eigenvalue weighted by Gasteiger charge is -2.18. The Balaban J connectivity index is 2.35. The molecule has 0 aliphatic carbocycles. The third-order valence-corrected chi connectivity index (χ3v) is 3.52. The summed E-state index contributed by atoms with van der Waals surface area (Å²) in [4.78, 5) is 38.1. The van der Waals surface area contributed by atoms with Crippen molar-refractivity contribution in [1.82, 2.24) is 9.55 Å². The highest BCUT2D eigenvalue weighted by molar-refractivity contribution is 9.11. The van der Waals surface area contributed by atoms with Gasteiger partial charge in [-0.1, -0.05) is 15.9 Å². The van der Waals surface area contributed by atoms with E-state index in [1.165, 1.54) is 17.3 Å². The predicted molar refractivity (Wildman–Crippen MR) is 80.5 cm³/mol. The van der Waals surface area contributed by atoms with Crippen LogP contribution in [0.5, 0.6) is 0 Å². The molecule has 2 N–H and O–H groups in total. The van der Waals surface area contributed by atoms with E-state index in [0.29, 0.717) is 0 Å². The Hall–Kier alpha value is -1.78. The highest BCUT2D eigenvalue weighted by atomic mass is 79.9. The SMILES string of the molecule is CC(=O)O[C@H]1C[C@H](n2cc(/C=C/Br)c(=O)[nH]c2=O)O[C@@H]1C(O)F. The number of ether oxygens (including phenoxy) is 2. The van der Waals surface area contributed by atoms with Crippen LogP contribution in [-0.4, -0.2) is 39.2 Å². The number of carbonyl (C=O) groups excluding carboxylic acids is 1. The second-order valence-corrected chi connectivity index (χ2v) is 5.38. The van der Waals surface area contributed by atoms with Gasteiger partial charge >= 0.3 is 11.7 Å². The third-order valence-electron chi connectivity index (χ3n) is 3.25. The smallest absolute Gasteiger partial charge is 0.330 e. The van der Waals surface area contributed by atoms with Gasteiger partial charge in [-0.05, 0) is 11.1 Å². The Morgan fingerprint density at radius 1 is 1.65 bits per heavy atom. The molecule has 0 aromatic carbocycles. The van der Waals surface area contributed by atoms with Gasteiger partial charge in [0.1, 0.15) is 12.3 Å². The number of nitrogens with zero attached hydrogens (tertiary/aromatic N) is 1. The van der Waals surface area contributed by atoms with Gasteiger partial charge in [0, 0.05) is 19.5 Å². The number of H-pyrrole nitrogens is 1. The number of aliphatic hydroxyl groups excluding tert-OH is 1. The standard InChI is InChI=1S/C13H14BrFN2O6/c1-6(18)22-8-4-9(23-10(8)11(15)19)17-5-7(2-3-14)12(20)16-13(17)21/h2-3,5,8-11,19H,4H2,1H3,(H,16,20,21)/b3-2+/t8-,9+,10-,11?/m0/s1. The molecule has 0 radical (unpaired) electrons. The fourth-order valence-corrected chi connectivity index (χ4v) is 2.59. The largest absolute Gasteiger partial charge is 0.459 e. The van der Waals surface area contributed by atoms with E-state index in [1.54, 1.807) is 0 Å². The average Bonchev–Trinajstić information content (AvgIpc) is 2.85. The van der Waals surface area contributed by atoms with Crippen LogP contribution in [0.3, 0.4) is 0 Å². The number of hydrogen-bond acceptors (Lipinski definition) is 6. The Morgan fingerprint density at radius 2 is 2.35 bits per heavy atom. The lowest BCUT2D eigenvalue weighted by molar-refractivity contribution is -0.162. The van der Waals surface area contributed by atoms with Crippen molar-refractivity contribution >= 4 is 28.0 Å². The summed E-state index contributed by atoms with van der Waals surface area (Å²) in [5.41, 5.74) is -1.20. The van der Waals surface area contributed by atoms with Crippen molar-refractivity contribution in [2.75, 3.05) is 0 Å². The quantitative estimate of drug-likeness (QED) is 0.717. The summed E-state index contributed by atoms with van der Waals surface area (Å²) in [6.07, 6.45) is -3.25. The molecule has 0 bridgehead atoms. The van der Waals surface area contributed by atoms with Gasteiger partial charge in [0.2, 0.25) is 6.36 Å². The predicted octanol–water partition coefficient (Wildman–Crippen LogP) is 0.409. The molecular formula is C13H14BrFN2O6. The molecule has 0 spiro atoms. The second-order valence-electron chi connectivity index (χ2n) is 4.86. The Morgan fingerprint density at radius 3 is 2.91 bits per heavy atom. The van der Waals surface area contributed by atoms with E-state index in [0.717, 1.165) is 11.5 Å². The van der Waals surface area contributed by atoms with Gasteiger partial charge in [-0.15, -0.1) is 0 Å². The molecule has 10 heteroatoms. The maximum absolute atomic E-state index is 13.2. The molecule has 1 aliphatic rings. The first-order valence-electron chi connectivity index (χ1n) is 6.60. The second kappa shape index (κ2) is 7.20. The van der Waals surface area contributed by atoms with Crippen molar-refractivity contribution in [2.24, 2.45) is 0 Å². The minimum absolute atomic E-state index is 0.0470. The van der Waals surface area contributed by atoms with Crippen LogP contribution < -0.4 is 11.2 Å². The number of esters is 1. The molecular weight excluding hydrogens is 379 g/mol. The van der Waals surface area contributed by atoms with Crippen molar-refractivity contribution in [3.8, 4) is 0 Å². The molecule has 23 heavy (non-hydrogen) atoms. The van der Waals surface area contributed by atoms with E-state index < -0.39 is 42.0 Å². The lowest BCUT2D eigenvalue weighted by atomic mass is 10.1. The lowest BCUT2D eigenvalue weighted by Crippen LogP contribution is -2.35. The summed E-state index contributed by atoms with van der Waals surface area (Å²) in [5, 5.41) is 9.11. The van der Waals surface area contributed by atoms with Crippen molar-refractivity contribution in [3.05, 3.63) is 37.6 Å². The Bertz CT molecular complexity index is 728. The molecule has 1 unspecified atom stereocenters. The van der Waals surface area contributed by atoms with Gasteiger partial charge in [-0.2, -0.15) is 0 Å². The van der Waals surface area contributed by atoms with Crippen LogP contribution in [0.2, 0.25) is 0 Å². The van der Waals surface area contributed by atoms with Gasteiger partial charge in [0.15, 0.2) is 6.10 Å². The average molecular weight is 393 g/mol. The maximum Gasteiger partial charge on any atom is 0.330 e. The number of aromatic nitrogens is 2. The van der Waals surface area contributed by atoms with Gasteiger partial charge in [-0.3, -0.25) is 19.1 Å². The van der Waals surface area contributed by atoms with Gasteiger partial charge in [0.25, 0.3) is 5.56 Å². The minimum atomic E-state index is -2.38. The summed E-state index contributed by atoms with van der Waals surface area (Å²) in [7, 11) is 0. The maximum atomic E-state index is 13.2. The molecule has 2 rings (SSSR count). The highest BCUT2D eigenvalue weighted by Crippen LogP contribution is 2.32. The number of hydrogen-bond donors (Lipinski definition) is 2. The molecule has 1 aromatic heterocycles. The summed E-state index contributed by atoms with van der Waals surface area (Å²) >= 11 is 3.02. The number of halogens is 2. The van der Waals surface area contributed by atoms with E-state index in [2.05, 4.69) is 20.9 Å². The highest BCUT2D eigenvalue weighted by Gasteiger charge is 2.43. The summed E-state index contributed by atoms with van der Waals surface area (Å²) < 4.78 is 24.5. The van der Waals surface area contributed by atoms with Gasteiger partial charge < -0.3 is 14.6 Å². The molecule has 1 fully saturated rings. The molecule has 8 nitrogen and oxygen atoms in total. The molecule has 2 heterocycles. The molecule has 126 valence electrons. The van der Waals surface area contributed by atoms with Gasteiger partial charge in [0.05, 0.1) is 5.56 Å². The summed E-state index contributed by atoms with van der Waals surface area (Å²) in [6.45, 7) is 1.14. The molecule has 0 amide bonds. The zero-order chi connectivity index (χ0) is 17.1. The zero-order valence-electron chi connectivity index (χ0n) is 11.9. The number of carbonyl (C=O) groups is 1. The first-order chi connectivity index (χ1) is 10.8. The molecule has 4 atom stereocenters. The monoisotopic (exact) mass is 392 g/mol. The fraction of sp³-hybridized carbons (Fsp3) is 0.462. The number of aromatic amines is 1. The molecule has 1 aliphatic heterocycles. The van der Waals surface area contributed by atoms with E-state index in [4.69, 9.17) is 14.6 Å². The van der Waals surface area contributed by atoms with Crippen molar-refractivity contribution < 1.29 is 23.8 Å². The third kappa shape index (κ3) is 3.95. The van der Waals surface area contributed by atoms with Crippen LogP contribution in [0, 0.1) is 0 Å². The van der Waals surface area contributed by atoms with E-state index in [-0.39, 0.29) is 12.0 Å².